The largest absolute Gasteiger partial charge is 0.357 e. The van der Waals surface area contributed by atoms with Crippen molar-refractivity contribution in [1.29, 1.82) is 0 Å². The van der Waals surface area contributed by atoms with E-state index in [2.05, 4.69) is 5.32 Å². The van der Waals surface area contributed by atoms with E-state index in [1.807, 2.05) is 30.3 Å². The highest BCUT2D eigenvalue weighted by Crippen LogP contribution is 2.22. The van der Waals surface area contributed by atoms with Crippen molar-refractivity contribution in [1.82, 2.24) is 10.2 Å². The van der Waals surface area contributed by atoms with Crippen LogP contribution in [0.25, 0.3) is 0 Å². The van der Waals surface area contributed by atoms with Gasteiger partial charge >= 0.3 is 0 Å². The van der Waals surface area contributed by atoms with Crippen LogP contribution in [0.2, 0.25) is 5.02 Å². The molecule has 0 fully saturated rings. The predicted molar refractivity (Wildman–Crippen MR) is 119 cm³/mol. The molecule has 2 amide bonds. The summed E-state index contributed by atoms with van der Waals surface area (Å²) >= 11 is 6.01. The summed E-state index contributed by atoms with van der Waals surface area (Å²) in [6, 6.07) is 14.8. The van der Waals surface area contributed by atoms with Crippen molar-refractivity contribution in [2.45, 2.75) is 25.9 Å². The number of hydrogen-bond donors (Lipinski definition) is 1. The molecule has 9 heteroatoms. The third-order valence-corrected chi connectivity index (χ3v) is 5.98. The summed E-state index contributed by atoms with van der Waals surface area (Å²) in [5.41, 5.74) is 1.12. The Morgan fingerprint density at radius 3 is 2.30 bits per heavy atom. The van der Waals surface area contributed by atoms with E-state index in [1.54, 1.807) is 25.1 Å². The Morgan fingerprint density at radius 1 is 1.10 bits per heavy atom. The summed E-state index contributed by atoms with van der Waals surface area (Å²) in [5.74, 6) is -0.796. The Hall–Kier alpha value is -2.58. The number of amides is 2. The maximum Gasteiger partial charge on any atom is 0.244 e. The van der Waals surface area contributed by atoms with E-state index in [0.717, 1.165) is 16.1 Å². The fourth-order valence-electron chi connectivity index (χ4n) is 3.11. The van der Waals surface area contributed by atoms with Crippen LogP contribution in [0.1, 0.15) is 18.9 Å². The van der Waals surface area contributed by atoms with Gasteiger partial charge < -0.3 is 10.2 Å². The van der Waals surface area contributed by atoms with Crippen molar-refractivity contribution in [3.63, 3.8) is 0 Å². The number of benzene rings is 2. The molecular formula is C21H26ClN3O4S. The van der Waals surface area contributed by atoms with E-state index in [9.17, 15) is 18.0 Å². The van der Waals surface area contributed by atoms with Crippen molar-refractivity contribution in [3.8, 4) is 0 Å². The predicted octanol–water partition coefficient (Wildman–Crippen LogP) is 2.66. The van der Waals surface area contributed by atoms with Gasteiger partial charge in [-0.15, -0.1) is 0 Å². The van der Waals surface area contributed by atoms with Crippen LogP contribution in [0.4, 0.5) is 5.69 Å². The molecule has 0 radical (unpaired) electrons. The number of rotatable bonds is 9. The van der Waals surface area contributed by atoms with Crippen LogP contribution in [-0.2, 0) is 26.2 Å². The van der Waals surface area contributed by atoms with Crippen LogP contribution in [0, 0.1) is 0 Å². The van der Waals surface area contributed by atoms with Gasteiger partial charge in [-0.1, -0.05) is 54.9 Å². The molecule has 0 aliphatic rings. The van der Waals surface area contributed by atoms with Crippen molar-refractivity contribution in [2.75, 3.05) is 24.2 Å². The van der Waals surface area contributed by atoms with Gasteiger partial charge in [-0.3, -0.25) is 13.9 Å². The SMILES string of the molecule is CC[C@H](C(=O)NC)N(Cc1ccccc1)C(=O)CN(c1cccc(Cl)c1)S(C)(=O)=O. The number of likely N-dealkylation sites (N-methyl/N-ethyl adjacent to an activating group) is 1. The fraction of sp³-hybridized carbons (Fsp3) is 0.333. The molecule has 0 aliphatic heterocycles. The highest BCUT2D eigenvalue weighted by Gasteiger charge is 2.31. The molecule has 0 spiro atoms. The van der Waals surface area contributed by atoms with Gasteiger partial charge in [0.1, 0.15) is 12.6 Å². The normalized spacial score (nSPS) is 12.1. The average Bonchev–Trinajstić information content (AvgIpc) is 2.71. The first-order chi connectivity index (χ1) is 14.2. The Bertz CT molecular complexity index is 983. The second-order valence-electron chi connectivity index (χ2n) is 6.80. The second-order valence-corrected chi connectivity index (χ2v) is 9.14. The maximum atomic E-state index is 13.3. The van der Waals surface area contributed by atoms with Crippen LogP contribution in [-0.4, -0.2) is 51.0 Å². The first-order valence-corrected chi connectivity index (χ1v) is 11.7. The number of sulfonamides is 1. The van der Waals surface area contributed by atoms with Crippen LogP contribution >= 0.6 is 11.6 Å². The van der Waals surface area contributed by atoms with E-state index >= 15 is 0 Å². The lowest BCUT2D eigenvalue weighted by Gasteiger charge is -2.32. The lowest BCUT2D eigenvalue weighted by atomic mass is 10.1. The van der Waals surface area contributed by atoms with Gasteiger partial charge in [-0.05, 0) is 30.2 Å². The minimum absolute atomic E-state index is 0.179. The van der Waals surface area contributed by atoms with E-state index in [0.29, 0.717) is 11.4 Å². The third-order valence-electron chi connectivity index (χ3n) is 4.60. The minimum Gasteiger partial charge on any atom is -0.357 e. The van der Waals surface area contributed by atoms with Gasteiger partial charge in [0.05, 0.1) is 11.9 Å². The van der Waals surface area contributed by atoms with E-state index in [-0.39, 0.29) is 18.1 Å². The number of halogens is 1. The first-order valence-electron chi connectivity index (χ1n) is 9.45. The molecule has 1 N–H and O–H groups in total. The molecule has 0 bridgehead atoms. The molecule has 7 nitrogen and oxygen atoms in total. The van der Waals surface area contributed by atoms with E-state index in [1.165, 1.54) is 18.0 Å². The zero-order valence-electron chi connectivity index (χ0n) is 17.2. The zero-order chi connectivity index (χ0) is 22.3. The van der Waals surface area contributed by atoms with E-state index in [4.69, 9.17) is 11.6 Å². The molecule has 0 saturated heterocycles. The van der Waals surface area contributed by atoms with Gasteiger partial charge in [0.2, 0.25) is 21.8 Å². The molecule has 162 valence electrons. The van der Waals surface area contributed by atoms with Crippen LogP contribution in [0.3, 0.4) is 0 Å². The number of carbonyl (C=O) groups excluding carboxylic acids is 2. The highest BCUT2D eigenvalue weighted by molar-refractivity contribution is 7.92. The summed E-state index contributed by atoms with van der Waals surface area (Å²) in [7, 11) is -2.26. The number of hydrogen-bond acceptors (Lipinski definition) is 4. The Kier molecular flexibility index (Phi) is 8.25. The summed E-state index contributed by atoms with van der Waals surface area (Å²) in [6.07, 6.45) is 1.41. The second kappa shape index (κ2) is 10.4. The Morgan fingerprint density at radius 2 is 1.77 bits per heavy atom. The number of nitrogens with zero attached hydrogens (tertiary/aromatic N) is 2. The third kappa shape index (κ3) is 6.21. The lowest BCUT2D eigenvalue weighted by molar-refractivity contribution is -0.140. The summed E-state index contributed by atoms with van der Waals surface area (Å²) in [6.45, 7) is 1.54. The Balaban J connectivity index is 2.40. The molecule has 2 aromatic rings. The first kappa shape index (κ1) is 23.7. The quantitative estimate of drug-likeness (QED) is 0.635. The molecule has 2 aromatic carbocycles. The lowest BCUT2D eigenvalue weighted by Crippen LogP contribution is -2.51. The van der Waals surface area contributed by atoms with Crippen molar-refractivity contribution in [2.24, 2.45) is 0 Å². The summed E-state index contributed by atoms with van der Waals surface area (Å²) in [4.78, 5) is 27.1. The molecule has 30 heavy (non-hydrogen) atoms. The monoisotopic (exact) mass is 451 g/mol. The topological polar surface area (TPSA) is 86.8 Å². The fourth-order valence-corrected chi connectivity index (χ4v) is 4.14. The molecule has 0 saturated carbocycles. The van der Waals surface area contributed by atoms with Crippen LogP contribution < -0.4 is 9.62 Å². The molecule has 1 atom stereocenters. The average molecular weight is 452 g/mol. The summed E-state index contributed by atoms with van der Waals surface area (Å²) in [5, 5.41) is 2.93. The minimum atomic E-state index is -3.77. The van der Waals surface area contributed by atoms with Gasteiger partial charge in [-0.25, -0.2) is 8.42 Å². The van der Waals surface area contributed by atoms with E-state index < -0.39 is 28.5 Å². The number of anilines is 1. The summed E-state index contributed by atoms with van der Waals surface area (Å²) < 4.78 is 25.8. The molecule has 2 rings (SSSR count). The van der Waals surface area contributed by atoms with Gasteiger partial charge in [0.25, 0.3) is 0 Å². The van der Waals surface area contributed by atoms with Crippen molar-refractivity contribution < 1.29 is 18.0 Å². The Labute approximate surface area is 182 Å². The molecule has 0 aromatic heterocycles. The van der Waals surface area contributed by atoms with Crippen molar-refractivity contribution in [3.05, 3.63) is 65.2 Å². The molecule has 0 heterocycles. The van der Waals surface area contributed by atoms with Gasteiger partial charge in [0, 0.05) is 18.6 Å². The standard InChI is InChI=1S/C21H26ClN3O4S/c1-4-19(21(27)23-2)24(14-16-9-6-5-7-10-16)20(26)15-25(30(3,28)29)18-12-8-11-17(22)13-18/h5-13,19H,4,14-15H2,1-3H3,(H,23,27)/t19-/m1/s1. The maximum absolute atomic E-state index is 13.3. The van der Waals surface area contributed by atoms with Crippen LogP contribution in [0.5, 0.6) is 0 Å². The van der Waals surface area contributed by atoms with Gasteiger partial charge in [0.15, 0.2) is 0 Å². The zero-order valence-corrected chi connectivity index (χ0v) is 18.8. The van der Waals surface area contributed by atoms with Crippen molar-refractivity contribution >= 4 is 39.1 Å². The number of carbonyl (C=O) groups is 2. The smallest absolute Gasteiger partial charge is 0.244 e. The number of nitrogens with one attached hydrogen (secondary N) is 1. The molecule has 0 unspecified atom stereocenters. The molecule has 0 aliphatic carbocycles. The molecular weight excluding hydrogens is 426 g/mol. The van der Waals surface area contributed by atoms with Gasteiger partial charge in [-0.2, -0.15) is 0 Å². The van der Waals surface area contributed by atoms with Crippen LogP contribution in [0.15, 0.2) is 54.6 Å². The highest BCUT2D eigenvalue weighted by atomic mass is 35.5.